The molecule has 15 heavy (non-hydrogen) atoms. The molecule has 1 aromatic heterocycles. The fourth-order valence-electron chi connectivity index (χ4n) is 1.42. The highest BCUT2D eigenvalue weighted by Crippen LogP contribution is 2.23. The summed E-state index contributed by atoms with van der Waals surface area (Å²) in [5.41, 5.74) is 13.5. The second kappa shape index (κ2) is 4.04. The van der Waals surface area contributed by atoms with Gasteiger partial charge in [0, 0.05) is 6.54 Å². The molecule has 1 heterocycles. The first kappa shape index (κ1) is 10.2. The van der Waals surface area contributed by atoms with E-state index in [9.17, 15) is 0 Å². The normalized spacial score (nSPS) is 10.5. The van der Waals surface area contributed by atoms with Gasteiger partial charge in [-0.2, -0.15) is 5.10 Å². The van der Waals surface area contributed by atoms with E-state index in [-0.39, 0.29) is 0 Å². The molecule has 0 radical (unpaired) electrons. The molecular weight excluding hydrogens is 256 g/mol. The van der Waals surface area contributed by atoms with Crippen LogP contribution in [0.5, 0.6) is 0 Å². The minimum atomic E-state index is 0.465. The summed E-state index contributed by atoms with van der Waals surface area (Å²) in [6.45, 7) is 0.465. The van der Waals surface area contributed by atoms with E-state index in [1.165, 1.54) is 0 Å². The molecule has 0 saturated carbocycles. The van der Waals surface area contributed by atoms with E-state index < -0.39 is 0 Å². The lowest BCUT2D eigenvalue weighted by atomic mass is 10.2. The van der Waals surface area contributed by atoms with Gasteiger partial charge in [-0.15, -0.1) is 0 Å². The molecule has 2 rings (SSSR count). The molecule has 4 nitrogen and oxygen atoms in total. The van der Waals surface area contributed by atoms with Gasteiger partial charge >= 0.3 is 0 Å². The van der Waals surface area contributed by atoms with Crippen molar-refractivity contribution in [3.8, 4) is 5.69 Å². The van der Waals surface area contributed by atoms with Gasteiger partial charge in [0.15, 0.2) is 0 Å². The van der Waals surface area contributed by atoms with Crippen molar-refractivity contribution in [2.45, 2.75) is 6.54 Å². The van der Waals surface area contributed by atoms with Crippen molar-refractivity contribution in [1.29, 1.82) is 0 Å². The van der Waals surface area contributed by atoms with Gasteiger partial charge in [-0.3, -0.25) is 0 Å². The highest BCUT2D eigenvalue weighted by atomic mass is 79.9. The number of hydrogen-bond acceptors (Lipinski definition) is 3. The van der Waals surface area contributed by atoms with Crippen LogP contribution in [0.4, 0.5) is 5.82 Å². The van der Waals surface area contributed by atoms with Gasteiger partial charge in [0.1, 0.15) is 5.82 Å². The Labute approximate surface area is 96.0 Å². The monoisotopic (exact) mass is 266 g/mol. The first-order valence-corrected chi connectivity index (χ1v) is 5.30. The van der Waals surface area contributed by atoms with Crippen LogP contribution < -0.4 is 11.5 Å². The molecule has 4 N–H and O–H groups in total. The van der Waals surface area contributed by atoms with Crippen molar-refractivity contribution in [3.05, 3.63) is 40.5 Å². The molecule has 0 spiro atoms. The minimum absolute atomic E-state index is 0.465. The van der Waals surface area contributed by atoms with Crippen LogP contribution >= 0.6 is 15.9 Å². The number of hydrogen-bond donors (Lipinski definition) is 2. The molecule has 78 valence electrons. The van der Waals surface area contributed by atoms with E-state index >= 15 is 0 Å². The van der Waals surface area contributed by atoms with Gasteiger partial charge < -0.3 is 11.5 Å². The topological polar surface area (TPSA) is 69.9 Å². The molecule has 0 aliphatic heterocycles. The number of aromatic nitrogens is 2. The van der Waals surface area contributed by atoms with Crippen molar-refractivity contribution in [2.75, 3.05) is 5.73 Å². The van der Waals surface area contributed by atoms with Crippen LogP contribution in [0.1, 0.15) is 5.56 Å². The molecule has 0 aliphatic rings. The second-order valence-electron chi connectivity index (χ2n) is 3.12. The number of para-hydroxylation sites is 1. The van der Waals surface area contributed by atoms with E-state index in [0.29, 0.717) is 12.4 Å². The van der Waals surface area contributed by atoms with Gasteiger partial charge in [-0.25, -0.2) is 4.68 Å². The molecule has 5 heteroatoms. The third kappa shape index (κ3) is 1.75. The molecule has 1 aromatic carbocycles. The van der Waals surface area contributed by atoms with Gasteiger partial charge in [0.25, 0.3) is 0 Å². The van der Waals surface area contributed by atoms with E-state index in [2.05, 4.69) is 21.0 Å². The highest BCUT2D eigenvalue weighted by molar-refractivity contribution is 9.10. The third-order valence-electron chi connectivity index (χ3n) is 2.20. The minimum Gasteiger partial charge on any atom is -0.383 e. The molecule has 2 aromatic rings. The van der Waals surface area contributed by atoms with Crippen molar-refractivity contribution in [2.24, 2.45) is 5.73 Å². The lowest BCUT2D eigenvalue weighted by Gasteiger charge is -2.08. The summed E-state index contributed by atoms with van der Waals surface area (Å²) >= 11 is 3.32. The maximum atomic E-state index is 5.87. The van der Waals surface area contributed by atoms with E-state index in [1.807, 2.05) is 24.3 Å². The van der Waals surface area contributed by atoms with E-state index in [1.54, 1.807) is 10.9 Å². The lowest BCUT2D eigenvalue weighted by molar-refractivity contribution is 0.868. The van der Waals surface area contributed by atoms with Gasteiger partial charge in [0.2, 0.25) is 0 Å². The zero-order chi connectivity index (χ0) is 10.8. The Morgan fingerprint density at radius 1 is 1.33 bits per heavy atom. The number of nitrogen functional groups attached to an aromatic ring is 1. The maximum Gasteiger partial charge on any atom is 0.141 e. The van der Waals surface area contributed by atoms with Gasteiger partial charge in [-0.1, -0.05) is 18.2 Å². The Hall–Kier alpha value is -1.33. The smallest absolute Gasteiger partial charge is 0.141 e. The number of halogens is 1. The second-order valence-corrected chi connectivity index (χ2v) is 3.98. The fourth-order valence-corrected chi connectivity index (χ4v) is 1.68. The Morgan fingerprint density at radius 3 is 2.67 bits per heavy atom. The quantitative estimate of drug-likeness (QED) is 0.869. The van der Waals surface area contributed by atoms with Crippen molar-refractivity contribution in [3.63, 3.8) is 0 Å². The molecule has 0 saturated heterocycles. The number of nitrogens with two attached hydrogens (primary N) is 2. The first-order chi connectivity index (χ1) is 7.24. The molecule has 0 aliphatic carbocycles. The third-order valence-corrected chi connectivity index (χ3v) is 2.81. The van der Waals surface area contributed by atoms with Gasteiger partial charge in [0.05, 0.1) is 16.4 Å². The maximum absolute atomic E-state index is 5.87. The molecule has 0 amide bonds. The number of nitrogens with zero attached hydrogens (tertiary/aromatic N) is 2. The summed E-state index contributed by atoms with van der Waals surface area (Å²) in [7, 11) is 0. The average molecular weight is 267 g/mol. The zero-order valence-corrected chi connectivity index (χ0v) is 9.61. The summed E-state index contributed by atoms with van der Waals surface area (Å²) in [6.07, 6.45) is 1.67. The standard InChI is InChI=1S/C10H11BrN4/c11-8-6-14-15(10(8)13)9-4-2-1-3-7(9)5-12/h1-4,6H,5,12-13H2. The number of benzene rings is 1. The predicted molar refractivity (Wildman–Crippen MR) is 63.6 cm³/mol. The highest BCUT2D eigenvalue weighted by Gasteiger charge is 2.09. The van der Waals surface area contributed by atoms with Crippen molar-refractivity contribution in [1.82, 2.24) is 9.78 Å². The van der Waals surface area contributed by atoms with E-state index in [0.717, 1.165) is 15.7 Å². The Bertz CT molecular complexity index is 478. The van der Waals surface area contributed by atoms with Crippen molar-refractivity contribution >= 4 is 21.7 Å². The Balaban J connectivity index is 2.58. The molecule has 0 unspecified atom stereocenters. The fraction of sp³-hybridized carbons (Fsp3) is 0.100. The van der Waals surface area contributed by atoms with Gasteiger partial charge in [-0.05, 0) is 27.6 Å². The zero-order valence-electron chi connectivity index (χ0n) is 8.02. The van der Waals surface area contributed by atoms with Crippen LogP contribution in [0.3, 0.4) is 0 Å². The number of rotatable bonds is 2. The summed E-state index contributed by atoms with van der Waals surface area (Å²) in [5.74, 6) is 0.580. The number of anilines is 1. The predicted octanol–water partition coefficient (Wildman–Crippen LogP) is 1.68. The summed E-state index contributed by atoms with van der Waals surface area (Å²) < 4.78 is 2.46. The summed E-state index contributed by atoms with van der Waals surface area (Å²) in [5, 5.41) is 4.18. The lowest BCUT2D eigenvalue weighted by Crippen LogP contribution is -2.07. The van der Waals surface area contributed by atoms with Crippen LogP contribution in [0, 0.1) is 0 Å². The SMILES string of the molecule is NCc1ccccc1-n1ncc(Br)c1N. The van der Waals surface area contributed by atoms with Crippen molar-refractivity contribution < 1.29 is 0 Å². The first-order valence-electron chi connectivity index (χ1n) is 4.51. The van der Waals surface area contributed by atoms with Crippen LogP contribution in [0.25, 0.3) is 5.69 Å². The average Bonchev–Trinajstić information content (AvgIpc) is 2.60. The Kier molecular flexibility index (Phi) is 2.75. The molecule has 0 bridgehead atoms. The Morgan fingerprint density at radius 2 is 2.07 bits per heavy atom. The molecular formula is C10H11BrN4. The summed E-state index contributed by atoms with van der Waals surface area (Å²) in [6, 6.07) is 7.78. The summed E-state index contributed by atoms with van der Waals surface area (Å²) in [4.78, 5) is 0. The van der Waals surface area contributed by atoms with E-state index in [4.69, 9.17) is 11.5 Å². The molecule has 0 fully saturated rings. The largest absolute Gasteiger partial charge is 0.383 e. The van der Waals surface area contributed by atoms with Crippen LogP contribution in [-0.4, -0.2) is 9.78 Å². The van der Waals surface area contributed by atoms with Crippen LogP contribution in [0.2, 0.25) is 0 Å². The van der Waals surface area contributed by atoms with Crippen LogP contribution in [-0.2, 0) is 6.54 Å². The van der Waals surface area contributed by atoms with Crippen LogP contribution in [0.15, 0.2) is 34.9 Å². The molecule has 0 atom stereocenters.